The molecule has 130 valence electrons. The maximum absolute atomic E-state index is 6.00. The van der Waals surface area contributed by atoms with Gasteiger partial charge in [-0.05, 0) is 30.7 Å². The van der Waals surface area contributed by atoms with Crippen LogP contribution in [-0.2, 0) is 11.3 Å². The largest absolute Gasteiger partial charge is 0.484 e. The van der Waals surface area contributed by atoms with E-state index >= 15 is 0 Å². The summed E-state index contributed by atoms with van der Waals surface area (Å²) in [5, 5.41) is 9.36. The average Bonchev–Trinajstić information content (AvgIpc) is 3.05. The maximum Gasteiger partial charge on any atom is 0.276 e. The number of aromatic nitrogens is 2. The molecule has 24 heavy (non-hydrogen) atoms. The van der Waals surface area contributed by atoms with Crippen molar-refractivity contribution in [3.63, 3.8) is 0 Å². The lowest BCUT2D eigenvalue weighted by molar-refractivity contribution is 0.0410. The molecular weight excluding hydrogens is 350 g/mol. The molecule has 1 aromatic heterocycles. The number of nitrogens with zero attached hydrogens (tertiary/aromatic N) is 3. The highest BCUT2D eigenvalue weighted by atomic mass is 35.5. The van der Waals surface area contributed by atoms with Gasteiger partial charge in [0.15, 0.2) is 6.61 Å². The second kappa shape index (κ2) is 8.71. The molecule has 2 heterocycles. The average molecular weight is 370 g/mol. The van der Waals surface area contributed by atoms with E-state index in [-0.39, 0.29) is 6.61 Å². The fraction of sp³-hybridized carbons (Fsp3) is 0.500. The molecule has 0 atom stereocenters. The van der Waals surface area contributed by atoms with E-state index in [1.807, 2.05) is 25.1 Å². The standard InChI is InChI=1S/C16H20ClN3O3S/c1-12-10-13(2-3-14(12)17)22-11-15-18-19-16(23-15)24-9-6-20-4-7-21-8-5-20/h2-3,10H,4-9,11H2,1H3. The van der Waals surface area contributed by atoms with Gasteiger partial charge in [-0.25, -0.2) is 0 Å². The van der Waals surface area contributed by atoms with E-state index < -0.39 is 0 Å². The fourth-order valence-corrected chi connectivity index (χ4v) is 3.19. The number of ether oxygens (including phenoxy) is 2. The summed E-state index contributed by atoms with van der Waals surface area (Å²) in [4.78, 5) is 2.37. The predicted molar refractivity (Wildman–Crippen MR) is 92.8 cm³/mol. The molecule has 1 fully saturated rings. The number of rotatable bonds is 7. The van der Waals surface area contributed by atoms with Crippen LogP contribution in [0.1, 0.15) is 11.5 Å². The molecule has 3 rings (SSSR count). The first-order valence-electron chi connectivity index (χ1n) is 7.85. The molecule has 1 aromatic carbocycles. The molecule has 0 spiro atoms. The second-order valence-electron chi connectivity index (χ2n) is 5.46. The van der Waals surface area contributed by atoms with Gasteiger partial charge in [0, 0.05) is 30.4 Å². The van der Waals surface area contributed by atoms with Crippen molar-refractivity contribution in [1.82, 2.24) is 15.1 Å². The summed E-state index contributed by atoms with van der Waals surface area (Å²) in [5.74, 6) is 2.12. The molecule has 2 aromatic rings. The maximum atomic E-state index is 6.00. The molecule has 1 aliphatic rings. The Bertz CT molecular complexity index is 662. The van der Waals surface area contributed by atoms with Gasteiger partial charge in [0.2, 0.25) is 0 Å². The lowest BCUT2D eigenvalue weighted by Crippen LogP contribution is -2.37. The van der Waals surface area contributed by atoms with Crippen LogP contribution in [-0.4, -0.2) is 53.7 Å². The normalized spacial score (nSPS) is 15.6. The third-order valence-corrected chi connectivity index (χ3v) is 4.90. The highest BCUT2D eigenvalue weighted by molar-refractivity contribution is 7.99. The number of aryl methyl sites for hydroxylation is 1. The first-order chi connectivity index (χ1) is 11.7. The van der Waals surface area contributed by atoms with Crippen LogP contribution < -0.4 is 4.74 Å². The molecule has 1 saturated heterocycles. The van der Waals surface area contributed by atoms with E-state index in [0.29, 0.717) is 11.1 Å². The summed E-state index contributed by atoms with van der Waals surface area (Å²) in [5.41, 5.74) is 0.971. The number of hydrogen-bond acceptors (Lipinski definition) is 7. The Morgan fingerprint density at radius 1 is 1.29 bits per heavy atom. The third kappa shape index (κ3) is 5.11. The van der Waals surface area contributed by atoms with Crippen LogP contribution in [0.4, 0.5) is 0 Å². The van der Waals surface area contributed by atoms with Gasteiger partial charge < -0.3 is 13.9 Å². The molecule has 0 bridgehead atoms. The highest BCUT2D eigenvalue weighted by Gasteiger charge is 2.12. The van der Waals surface area contributed by atoms with Gasteiger partial charge in [-0.15, -0.1) is 10.2 Å². The van der Waals surface area contributed by atoms with E-state index in [1.165, 1.54) is 0 Å². The zero-order chi connectivity index (χ0) is 16.8. The van der Waals surface area contributed by atoms with Crippen LogP contribution in [0.2, 0.25) is 5.02 Å². The lowest BCUT2D eigenvalue weighted by Gasteiger charge is -2.25. The van der Waals surface area contributed by atoms with Gasteiger partial charge in [0.05, 0.1) is 13.2 Å². The van der Waals surface area contributed by atoms with E-state index in [0.717, 1.165) is 54.9 Å². The lowest BCUT2D eigenvalue weighted by atomic mass is 10.2. The summed E-state index contributed by atoms with van der Waals surface area (Å²) >= 11 is 7.56. The van der Waals surface area contributed by atoms with Crippen molar-refractivity contribution < 1.29 is 13.9 Å². The summed E-state index contributed by atoms with van der Waals surface area (Å²) in [6.45, 7) is 6.79. The topological polar surface area (TPSA) is 60.6 Å². The monoisotopic (exact) mass is 369 g/mol. The van der Waals surface area contributed by atoms with Crippen LogP contribution in [0.5, 0.6) is 5.75 Å². The Morgan fingerprint density at radius 2 is 2.12 bits per heavy atom. The zero-order valence-corrected chi connectivity index (χ0v) is 15.1. The molecule has 8 heteroatoms. The molecule has 0 amide bonds. The SMILES string of the molecule is Cc1cc(OCc2nnc(SCCN3CCOCC3)o2)ccc1Cl. The van der Waals surface area contributed by atoms with Gasteiger partial charge >= 0.3 is 0 Å². The van der Waals surface area contributed by atoms with E-state index in [2.05, 4.69) is 15.1 Å². The van der Waals surface area contributed by atoms with Crippen LogP contribution in [0, 0.1) is 6.92 Å². The highest BCUT2D eigenvalue weighted by Crippen LogP contribution is 2.22. The van der Waals surface area contributed by atoms with E-state index in [4.69, 9.17) is 25.5 Å². The smallest absolute Gasteiger partial charge is 0.276 e. The van der Waals surface area contributed by atoms with Crippen LogP contribution >= 0.6 is 23.4 Å². The van der Waals surface area contributed by atoms with Crippen LogP contribution in [0.3, 0.4) is 0 Å². The minimum atomic E-state index is 0.248. The van der Waals surface area contributed by atoms with Gasteiger partial charge in [-0.3, -0.25) is 4.90 Å². The Morgan fingerprint density at radius 3 is 2.92 bits per heavy atom. The van der Waals surface area contributed by atoms with Crippen molar-refractivity contribution in [2.75, 3.05) is 38.6 Å². The van der Waals surface area contributed by atoms with Crippen molar-refractivity contribution in [1.29, 1.82) is 0 Å². The van der Waals surface area contributed by atoms with Crippen LogP contribution in [0.15, 0.2) is 27.8 Å². The molecule has 0 N–H and O–H groups in total. The minimum Gasteiger partial charge on any atom is -0.484 e. The van der Waals surface area contributed by atoms with E-state index in [9.17, 15) is 0 Å². The van der Waals surface area contributed by atoms with Crippen molar-refractivity contribution in [2.24, 2.45) is 0 Å². The van der Waals surface area contributed by atoms with Crippen molar-refractivity contribution >= 4 is 23.4 Å². The predicted octanol–water partition coefficient (Wildman–Crippen LogP) is 3.03. The number of halogens is 1. The quantitative estimate of drug-likeness (QED) is 0.695. The third-order valence-electron chi connectivity index (χ3n) is 3.68. The summed E-state index contributed by atoms with van der Waals surface area (Å²) in [6.07, 6.45) is 0. The van der Waals surface area contributed by atoms with Gasteiger partial charge in [0.25, 0.3) is 11.1 Å². The summed E-state index contributed by atoms with van der Waals surface area (Å²) in [6, 6.07) is 5.52. The van der Waals surface area contributed by atoms with E-state index in [1.54, 1.807) is 11.8 Å². The molecule has 0 unspecified atom stereocenters. The number of thioether (sulfide) groups is 1. The van der Waals surface area contributed by atoms with Gasteiger partial charge in [-0.1, -0.05) is 23.4 Å². The Balaban J connectivity index is 1.42. The second-order valence-corrected chi connectivity index (χ2v) is 6.92. The first-order valence-corrected chi connectivity index (χ1v) is 9.21. The van der Waals surface area contributed by atoms with Gasteiger partial charge in [-0.2, -0.15) is 0 Å². The summed E-state index contributed by atoms with van der Waals surface area (Å²) < 4.78 is 16.6. The molecule has 0 saturated carbocycles. The van der Waals surface area contributed by atoms with Crippen molar-refractivity contribution in [3.05, 3.63) is 34.7 Å². The Hall–Kier alpha value is -1.28. The number of morpholine rings is 1. The Labute approximate surface area is 150 Å². The Kier molecular flexibility index (Phi) is 6.37. The molecule has 6 nitrogen and oxygen atoms in total. The molecule has 0 radical (unpaired) electrons. The fourth-order valence-electron chi connectivity index (χ4n) is 2.29. The minimum absolute atomic E-state index is 0.248. The molecule has 0 aliphatic carbocycles. The first kappa shape index (κ1) is 17.5. The number of benzene rings is 1. The number of hydrogen-bond donors (Lipinski definition) is 0. The zero-order valence-electron chi connectivity index (χ0n) is 13.5. The molecule has 1 aliphatic heterocycles. The van der Waals surface area contributed by atoms with Gasteiger partial charge in [0.1, 0.15) is 5.75 Å². The summed E-state index contributed by atoms with van der Waals surface area (Å²) in [7, 11) is 0. The van der Waals surface area contributed by atoms with Crippen LogP contribution in [0.25, 0.3) is 0 Å². The molecular formula is C16H20ClN3O3S. The van der Waals surface area contributed by atoms with Crippen molar-refractivity contribution in [3.8, 4) is 5.75 Å². The van der Waals surface area contributed by atoms with Crippen molar-refractivity contribution in [2.45, 2.75) is 18.8 Å².